The van der Waals surface area contributed by atoms with E-state index in [2.05, 4.69) is 55.6 Å². The molecule has 4 nitrogen and oxygen atoms in total. The molecule has 1 N–H and O–H groups in total. The van der Waals surface area contributed by atoms with E-state index in [1.54, 1.807) is 16.7 Å². The molecule has 0 spiro atoms. The Hall–Kier alpha value is -2.27. The number of carbonyl (C=O) groups excluding carboxylic acids is 2. The Labute approximate surface area is 197 Å². The summed E-state index contributed by atoms with van der Waals surface area (Å²) in [6.45, 7) is 6.61. The molecule has 2 amide bonds. The van der Waals surface area contributed by atoms with Crippen molar-refractivity contribution in [1.82, 2.24) is 10.2 Å². The minimum Gasteiger partial charge on any atom is -0.352 e. The molecule has 0 aromatic heterocycles. The molecule has 5 heteroatoms. The van der Waals surface area contributed by atoms with Crippen molar-refractivity contribution >= 4 is 23.6 Å². The Balaban J connectivity index is 1.70. The summed E-state index contributed by atoms with van der Waals surface area (Å²) in [7, 11) is 0. The van der Waals surface area contributed by atoms with E-state index in [-0.39, 0.29) is 17.9 Å². The van der Waals surface area contributed by atoms with Crippen LogP contribution in [0.25, 0.3) is 0 Å². The Morgan fingerprint density at radius 2 is 1.75 bits per heavy atom. The van der Waals surface area contributed by atoms with E-state index in [9.17, 15) is 9.59 Å². The van der Waals surface area contributed by atoms with Gasteiger partial charge >= 0.3 is 0 Å². The van der Waals surface area contributed by atoms with Crippen LogP contribution in [0.4, 0.5) is 0 Å². The van der Waals surface area contributed by atoms with E-state index in [4.69, 9.17) is 0 Å². The lowest BCUT2D eigenvalue weighted by molar-refractivity contribution is -0.139. The number of benzene rings is 2. The highest BCUT2D eigenvalue weighted by Crippen LogP contribution is 2.21. The van der Waals surface area contributed by atoms with Crippen LogP contribution in [-0.4, -0.2) is 34.6 Å². The van der Waals surface area contributed by atoms with Crippen LogP contribution in [0.5, 0.6) is 0 Å². The van der Waals surface area contributed by atoms with Gasteiger partial charge in [0.15, 0.2) is 0 Å². The summed E-state index contributed by atoms with van der Waals surface area (Å²) >= 11 is 1.62. The van der Waals surface area contributed by atoms with Gasteiger partial charge in [0.05, 0.1) is 5.75 Å². The summed E-state index contributed by atoms with van der Waals surface area (Å²) < 4.78 is 0. The molecule has 0 aliphatic heterocycles. The molecule has 172 valence electrons. The average molecular weight is 453 g/mol. The standard InChI is InChI=1S/C27H36N2O2S/c1-4-25(27(31)28-24-11-7-8-12-24)29(17-22-15-13-20(2)14-16-22)26(30)19-32-18-23-10-6-5-9-21(23)3/h5-6,9-10,13-16,24-25H,4,7-8,11-12,17-19H2,1-3H3,(H,28,31)/t25-/m1/s1. The van der Waals surface area contributed by atoms with Gasteiger partial charge in [-0.05, 0) is 49.8 Å². The van der Waals surface area contributed by atoms with Gasteiger partial charge in [0.1, 0.15) is 6.04 Å². The van der Waals surface area contributed by atoms with E-state index in [1.165, 1.54) is 29.5 Å². The highest BCUT2D eigenvalue weighted by atomic mass is 32.2. The highest BCUT2D eigenvalue weighted by molar-refractivity contribution is 7.99. The second-order valence-electron chi connectivity index (χ2n) is 8.84. The average Bonchev–Trinajstić information content (AvgIpc) is 3.29. The third kappa shape index (κ3) is 6.86. The third-order valence-electron chi connectivity index (χ3n) is 6.31. The van der Waals surface area contributed by atoms with Crippen LogP contribution in [0.15, 0.2) is 48.5 Å². The van der Waals surface area contributed by atoms with Crippen LogP contribution in [0.1, 0.15) is 61.3 Å². The lowest BCUT2D eigenvalue weighted by Crippen LogP contribution is -2.51. The molecule has 1 aliphatic rings. The number of hydrogen-bond donors (Lipinski definition) is 1. The fraction of sp³-hybridized carbons (Fsp3) is 0.481. The second-order valence-corrected chi connectivity index (χ2v) is 9.83. The van der Waals surface area contributed by atoms with Crippen LogP contribution >= 0.6 is 11.8 Å². The van der Waals surface area contributed by atoms with Crippen LogP contribution in [0, 0.1) is 13.8 Å². The number of amides is 2. The normalized spacial score (nSPS) is 14.8. The fourth-order valence-electron chi connectivity index (χ4n) is 4.28. The van der Waals surface area contributed by atoms with Gasteiger partial charge < -0.3 is 10.2 Å². The molecule has 3 rings (SSSR count). The van der Waals surface area contributed by atoms with E-state index >= 15 is 0 Å². The molecule has 0 unspecified atom stereocenters. The van der Waals surface area contributed by atoms with Crippen LogP contribution < -0.4 is 5.32 Å². The smallest absolute Gasteiger partial charge is 0.243 e. The number of rotatable bonds is 10. The Bertz CT molecular complexity index is 891. The SMILES string of the molecule is CC[C@H](C(=O)NC1CCCC1)N(Cc1ccc(C)cc1)C(=O)CSCc1ccccc1C. The number of thioether (sulfide) groups is 1. The Kier molecular flexibility index (Phi) is 9.22. The van der Waals surface area contributed by atoms with Crippen LogP contribution in [0.3, 0.4) is 0 Å². The van der Waals surface area contributed by atoms with Gasteiger partial charge in [-0.1, -0.05) is 73.9 Å². The molecular formula is C27H36N2O2S. The van der Waals surface area contributed by atoms with E-state index in [0.717, 1.165) is 24.2 Å². The van der Waals surface area contributed by atoms with Gasteiger partial charge in [-0.15, -0.1) is 11.8 Å². The van der Waals surface area contributed by atoms with Gasteiger partial charge in [-0.3, -0.25) is 9.59 Å². The van der Waals surface area contributed by atoms with Crippen molar-refractivity contribution in [3.63, 3.8) is 0 Å². The van der Waals surface area contributed by atoms with Crippen molar-refractivity contribution in [3.8, 4) is 0 Å². The Morgan fingerprint density at radius 1 is 1.06 bits per heavy atom. The van der Waals surface area contributed by atoms with E-state index in [0.29, 0.717) is 18.7 Å². The topological polar surface area (TPSA) is 49.4 Å². The number of nitrogens with zero attached hydrogens (tertiary/aromatic N) is 1. The predicted octanol–water partition coefficient (Wildman–Crippen LogP) is 5.40. The summed E-state index contributed by atoms with van der Waals surface area (Å²) in [5.74, 6) is 1.18. The van der Waals surface area contributed by atoms with Crippen molar-refractivity contribution < 1.29 is 9.59 Å². The van der Waals surface area contributed by atoms with Crippen molar-refractivity contribution in [3.05, 3.63) is 70.8 Å². The zero-order valence-corrected chi connectivity index (χ0v) is 20.4. The largest absolute Gasteiger partial charge is 0.352 e. The van der Waals surface area contributed by atoms with Crippen molar-refractivity contribution in [2.45, 2.75) is 77.3 Å². The summed E-state index contributed by atoms with van der Waals surface area (Å²) in [6, 6.07) is 16.3. The molecule has 0 radical (unpaired) electrons. The lowest BCUT2D eigenvalue weighted by atomic mass is 10.1. The van der Waals surface area contributed by atoms with Crippen molar-refractivity contribution in [1.29, 1.82) is 0 Å². The molecule has 1 atom stereocenters. The maximum atomic E-state index is 13.4. The first-order valence-electron chi connectivity index (χ1n) is 11.8. The van der Waals surface area contributed by atoms with Crippen molar-refractivity contribution in [2.24, 2.45) is 0 Å². The zero-order valence-electron chi connectivity index (χ0n) is 19.6. The van der Waals surface area contributed by atoms with Crippen LogP contribution in [-0.2, 0) is 21.9 Å². The highest BCUT2D eigenvalue weighted by Gasteiger charge is 2.30. The summed E-state index contributed by atoms with van der Waals surface area (Å²) in [4.78, 5) is 28.3. The molecule has 32 heavy (non-hydrogen) atoms. The van der Waals surface area contributed by atoms with E-state index in [1.807, 2.05) is 19.1 Å². The van der Waals surface area contributed by atoms with Gasteiger partial charge in [0.25, 0.3) is 0 Å². The zero-order chi connectivity index (χ0) is 22.9. The third-order valence-corrected chi connectivity index (χ3v) is 7.27. The first kappa shape index (κ1) is 24.4. The quantitative estimate of drug-likeness (QED) is 0.525. The summed E-state index contributed by atoms with van der Waals surface area (Å²) in [6.07, 6.45) is 5.03. The first-order chi connectivity index (χ1) is 15.5. The van der Waals surface area contributed by atoms with Gasteiger partial charge in [-0.25, -0.2) is 0 Å². The molecule has 1 saturated carbocycles. The maximum Gasteiger partial charge on any atom is 0.243 e. The molecule has 0 saturated heterocycles. The van der Waals surface area contributed by atoms with E-state index < -0.39 is 6.04 Å². The van der Waals surface area contributed by atoms with Gasteiger partial charge in [0, 0.05) is 18.3 Å². The molecule has 1 fully saturated rings. The number of hydrogen-bond acceptors (Lipinski definition) is 3. The van der Waals surface area contributed by atoms with Gasteiger partial charge in [0.2, 0.25) is 11.8 Å². The van der Waals surface area contributed by atoms with Crippen molar-refractivity contribution in [2.75, 3.05) is 5.75 Å². The molecule has 0 bridgehead atoms. The predicted molar refractivity (Wildman–Crippen MR) is 134 cm³/mol. The minimum atomic E-state index is -0.441. The molecular weight excluding hydrogens is 416 g/mol. The molecule has 0 heterocycles. The fourth-order valence-corrected chi connectivity index (χ4v) is 5.27. The minimum absolute atomic E-state index is 0.0104. The Morgan fingerprint density at radius 3 is 2.41 bits per heavy atom. The number of carbonyl (C=O) groups is 2. The van der Waals surface area contributed by atoms with Gasteiger partial charge in [-0.2, -0.15) is 0 Å². The number of nitrogens with one attached hydrogen (secondary N) is 1. The summed E-state index contributed by atoms with van der Waals surface area (Å²) in [5, 5.41) is 3.21. The summed E-state index contributed by atoms with van der Waals surface area (Å²) in [5.41, 5.74) is 4.74. The maximum absolute atomic E-state index is 13.4. The monoisotopic (exact) mass is 452 g/mol. The molecule has 2 aromatic rings. The van der Waals surface area contributed by atoms with Crippen LogP contribution in [0.2, 0.25) is 0 Å². The molecule has 1 aliphatic carbocycles. The number of aryl methyl sites for hydroxylation is 2. The second kappa shape index (κ2) is 12.1. The lowest BCUT2D eigenvalue weighted by Gasteiger charge is -2.31. The first-order valence-corrected chi connectivity index (χ1v) is 12.9. The molecule has 2 aromatic carbocycles.